The van der Waals surface area contributed by atoms with Gasteiger partial charge in [0.05, 0.1) is 6.20 Å². The second-order valence-corrected chi connectivity index (χ2v) is 7.22. The number of nitrogens with one attached hydrogen (secondary N) is 1. The van der Waals surface area contributed by atoms with Gasteiger partial charge in [-0.3, -0.25) is 9.58 Å². The zero-order chi connectivity index (χ0) is 17.2. The molecular formula is C20H27N5. The Morgan fingerprint density at radius 1 is 1.36 bits per heavy atom. The van der Waals surface area contributed by atoms with E-state index in [4.69, 9.17) is 0 Å². The van der Waals surface area contributed by atoms with E-state index in [-0.39, 0.29) is 0 Å². The van der Waals surface area contributed by atoms with Crippen LogP contribution in [0, 0.1) is 6.92 Å². The molecule has 0 bridgehead atoms. The molecule has 4 heterocycles. The van der Waals surface area contributed by atoms with Crippen LogP contribution < -0.4 is 0 Å². The highest BCUT2D eigenvalue weighted by Crippen LogP contribution is 2.29. The van der Waals surface area contributed by atoms with E-state index in [1.807, 2.05) is 12.3 Å². The number of fused-ring (bicyclic) bond motifs is 1. The molecular weight excluding hydrogens is 310 g/mol. The third-order valence-corrected chi connectivity index (χ3v) is 5.39. The predicted molar refractivity (Wildman–Crippen MR) is 101 cm³/mol. The lowest BCUT2D eigenvalue weighted by Gasteiger charge is -2.32. The molecule has 1 N–H and O–H groups in total. The van der Waals surface area contributed by atoms with Crippen LogP contribution in [-0.4, -0.2) is 37.7 Å². The minimum atomic E-state index is 0.564. The minimum absolute atomic E-state index is 0.564. The van der Waals surface area contributed by atoms with Gasteiger partial charge in [-0.1, -0.05) is 6.92 Å². The molecule has 0 spiro atoms. The first-order valence-corrected chi connectivity index (χ1v) is 9.42. The Morgan fingerprint density at radius 3 is 3.12 bits per heavy atom. The van der Waals surface area contributed by atoms with Gasteiger partial charge in [0.25, 0.3) is 0 Å². The molecule has 0 aromatic carbocycles. The van der Waals surface area contributed by atoms with E-state index in [0.29, 0.717) is 5.92 Å². The first-order chi connectivity index (χ1) is 12.2. The molecule has 3 aromatic heterocycles. The van der Waals surface area contributed by atoms with Crippen LogP contribution in [0.2, 0.25) is 0 Å². The predicted octanol–water partition coefficient (Wildman–Crippen LogP) is 3.86. The molecule has 0 aliphatic carbocycles. The summed E-state index contributed by atoms with van der Waals surface area (Å²) in [5, 5.41) is 5.77. The Hall–Kier alpha value is -2.14. The number of hydrogen-bond acceptors (Lipinski definition) is 3. The average molecular weight is 337 g/mol. The van der Waals surface area contributed by atoms with Gasteiger partial charge in [0, 0.05) is 54.1 Å². The molecule has 1 saturated heterocycles. The fraction of sp³-hybridized carbons (Fsp3) is 0.500. The second-order valence-electron chi connectivity index (χ2n) is 7.22. The SMILES string of the molecule is CCCn1ncc(CN2CCCC(c3cc4cccnc4[nH]3)C2)c1C. The van der Waals surface area contributed by atoms with Crippen molar-refractivity contribution in [1.82, 2.24) is 24.6 Å². The quantitative estimate of drug-likeness (QED) is 0.769. The van der Waals surface area contributed by atoms with Crippen LogP contribution >= 0.6 is 0 Å². The van der Waals surface area contributed by atoms with Crippen LogP contribution in [0.15, 0.2) is 30.6 Å². The van der Waals surface area contributed by atoms with Crippen molar-refractivity contribution in [1.29, 1.82) is 0 Å². The van der Waals surface area contributed by atoms with Gasteiger partial charge in [-0.15, -0.1) is 0 Å². The summed E-state index contributed by atoms with van der Waals surface area (Å²) in [6.45, 7) is 8.69. The fourth-order valence-corrected chi connectivity index (χ4v) is 3.97. The molecule has 1 fully saturated rings. The molecule has 0 radical (unpaired) electrons. The highest BCUT2D eigenvalue weighted by molar-refractivity contribution is 5.76. The van der Waals surface area contributed by atoms with Crippen molar-refractivity contribution in [2.45, 2.75) is 52.1 Å². The third kappa shape index (κ3) is 3.33. The second kappa shape index (κ2) is 7.00. The molecule has 5 nitrogen and oxygen atoms in total. The smallest absolute Gasteiger partial charge is 0.137 e. The maximum absolute atomic E-state index is 4.55. The summed E-state index contributed by atoms with van der Waals surface area (Å²) in [7, 11) is 0. The summed E-state index contributed by atoms with van der Waals surface area (Å²) in [5.74, 6) is 0.564. The van der Waals surface area contributed by atoms with Crippen molar-refractivity contribution < 1.29 is 0 Å². The number of likely N-dealkylation sites (tertiary alicyclic amines) is 1. The van der Waals surface area contributed by atoms with E-state index in [1.54, 1.807) is 0 Å². The van der Waals surface area contributed by atoms with Gasteiger partial charge < -0.3 is 4.98 Å². The zero-order valence-electron chi connectivity index (χ0n) is 15.2. The van der Waals surface area contributed by atoms with E-state index < -0.39 is 0 Å². The first kappa shape index (κ1) is 16.3. The Morgan fingerprint density at radius 2 is 2.28 bits per heavy atom. The molecule has 1 aliphatic rings. The van der Waals surface area contributed by atoms with Gasteiger partial charge in [-0.25, -0.2) is 4.98 Å². The monoisotopic (exact) mass is 337 g/mol. The van der Waals surface area contributed by atoms with Crippen molar-refractivity contribution in [3.05, 3.63) is 47.5 Å². The Kier molecular flexibility index (Phi) is 4.57. The summed E-state index contributed by atoms with van der Waals surface area (Å²) in [6, 6.07) is 6.42. The Balaban J connectivity index is 1.47. The van der Waals surface area contributed by atoms with Gasteiger partial charge in [-0.05, 0) is 50.9 Å². The molecule has 5 heteroatoms. The topological polar surface area (TPSA) is 49.7 Å². The lowest BCUT2D eigenvalue weighted by Crippen LogP contribution is -2.34. The lowest BCUT2D eigenvalue weighted by atomic mass is 9.94. The number of hydrogen-bond donors (Lipinski definition) is 1. The van der Waals surface area contributed by atoms with Gasteiger partial charge >= 0.3 is 0 Å². The fourth-order valence-electron chi connectivity index (χ4n) is 3.97. The highest BCUT2D eigenvalue weighted by atomic mass is 15.3. The number of nitrogens with zero attached hydrogens (tertiary/aromatic N) is 4. The summed E-state index contributed by atoms with van der Waals surface area (Å²) >= 11 is 0. The van der Waals surface area contributed by atoms with Crippen molar-refractivity contribution in [3.8, 4) is 0 Å². The molecule has 1 unspecified atom stereocenters. The molecule has 132 valence electrons. The standard InChI is InChI=1S/C20H27N5/c1-3-9-25-15(2)18(12-22-25)14-24-10-5-7-17(13-24)19-11-16-6-4-8-21-20(16)23-19/h4,6,8,11-12,17H,3,5,7,9-10,13-14H2,1-2H3,(H,21,23). The first-order valence-electron chi connectivity index (χ1n) is 9.42. The van der Waals surface area contributed by atoms with Crippen molar-refractivity contribution in [2.75, 3.05) is 13.1 Å². The maximum atomic E-state index is 4.55. The normalized spacial score (nSPS) is 18.9. The molecule has 0 saturated carbocycles. The number of aromatic nitrogens is 4. The molecule has 0 amide bonds. The Bertz CT molecular complexity index is 814. The molecule has 1 aliphatic heterocycles. The highest BCUT2D eigenvalue weighted by Gasteiger charge is 2.23. The molecule has 1 atom stereocenters. The van der Waals surface area contributed by atoms with Crippen LogP contribution in [0.3, 0.4) is 0 Å². The third-order valence-electron chi connectivity index (χ3n) is 5.39. The van der Waals surface area contributed by atoms with Crippen molar-refractivity contribution in [3.63, 3.8) is 0 Å². The number of rotatable bonds is 5. The number of aryl methyl sites for hydroxylation is 1. The van der Waals surface area contributed by atoms with E-state index in [1.165, 1.54) is 41.7 Å². The number of H-pyrrole nitrogens is 1. The molecule has 3 aromatic rings. The van der Waals surface area contributed by atoms with Crippen LogP contribution in [0.1, 0.15) is 49.1 Å². The number of aromatic amines is 1. The van der Waals surface area contributed by atoms with Gasteiger partial charge in [-0.2, -0.15) is 5.10 Å². The van der Waals surface area contributed by atoms with E-state index in [9.17, 15) is 0 Å². The summed E-state index contributed by atoms with van der Waals surface area (Å²) in [5.41, 5.74) is 5.02. The van der Waals surface area contributed by atoms with Crippen LogP contribution in [0.5, 0.6) is 0 Å². The molecule has 4 rings (SSSR count). The van der Waals surface area contributed by atoms with Crippen LogP contribution in [0.25, 0.3) is 11.0 Å². The van der Waals surface area contributed by atoms with Crippen molar-refractivity contribution in [2.24, 2.45) is 0 Å². The minimum Gasteiger partial charge on any atom is -0.343 e. The van der Waals surface area contributed by atoms with Gasteiger partial charge in [0.2, 0.25) is 0 Å². The lowest BCUT2D eigenvalue weighted by molar-refractivity contribution is 0.198. The maximum Gasteiger partial charge on any atom is 0.137 e. The van der Waals surface area contributed by atoms with Gasteiger partial charge in [0.1, 0.15) is 5.65 Å². The number of pyridine rings is 1. The summed E-state index contributed by atoms with van der Waals surface area (Å²) < 4.78 is 2.14. The largest absolute Gasteiger partial charge is 0.343 e. The van der Waals surface area contributed by atoms with E-state index in [0.717, 1.165) is 31.7 Å². The van der Waals surface area contributed by atoms with Crippen molar-refractivity contribution >= 4 is 11.0 Å². The van der Waals surface area contributed by atoms with Crippen LogP contribution in [-0.2, 0) is 13.1 Å². The van der Waals surface area contributed by atoms with E-state index >= 15 is 0 Å². The summed E-state index contributed by atoms with van der Waals surface area (Å²) in [4.78, 5) is 10.5. The average Bonchev–Trinajstić information content (AvgIpc) is 3.21. The zero-order valence-corrected chi connectivity index (χ0v) is 15.2. The number of piperidine rings is 1. The Labute approximate surface area is 149 Å². The van der Waals surface area contributed by atoms with Crippen LogP contribution in [0.4, 0.5) is 0 Å². The summed E-state index contributed by atoms with van der Waals surface area (Å²) in [6.07, 6.45) is 7.53. The van der Waals surface area contributed by atoms with E-state index in [2.05, 4.69) is 56.8 Å². The molecule has 25 heavy (non-hydrogen) atoms. The van der Waals surface area contributed by atoms with Gasteiger partial charge in [0.15, 0.2) is 0 Å².